The second kappa shape index (κ2) is 8.06. The van der Waals surface area contributed by atoms with E-state index in [-0.39, 0.29) is 17.9 Å². The maximum Gasteiger partial charge on any atom is 0.238 e. The van der Waals surface area contributed by atoms with Crippen molar-refractivity contribution in [2.24, 2.45) is 0 Å². The van der Waals surface area contributed by atoms with Crippen molar-refractivity contribution in [1.29, 1.82) is 0 Å². The number of ether oxygens (including phenoxy) is 1. The molecule has 4 rings (SSSR count). The Balaban J connectivity index is 1.58. The molecule has 0 saturated carbocycles. The van der Waals surface area contributed by atoms with Crippen LogP contribution in [-0.2, 0) is 17.8 Å². The average molecular weight is 432 g/mol. The van der Waals surface area contributed by atoms with Gasteiger partial charge in [-0.3, -0.25) is 14.5 Å². The Bertz CT molecular complexity index is 1160. The number of methoxy groups -OCH3 is 1. The first-order valence-corrected chi connectivity index (χ1v) is 9.90. The van der Waals surface area contributed by atoms with Gasteiger partial charge in [0.05, 0.1) is 40.3 Å². The van der Waals surface area contributed by atoms with Gasteiger partial charge in [0.2, 0.25) is 5.91 Å². The molecule has 0 fully saturated rings. The molecular weight excluding hydrogens is 413 g/mol. The predicted molar refractivity (Wildman–Crippen MR) is 115 cm³/mol. The van der Waals surface area contributed by atoms with E-state index in [0.29, 0.717) is 57.5 Å². The lowest BCUT2D eigenvalue weighted by Gasteiger charge is -2.28. The number of nitrogens with one attached hydrogen (secondary N) is 2. The summed E-state index contributed by atoms with van der Waals surface area (Å²) in [6.45, 7) is 1.17. The monoisotopic (exact) mass is 431 g/mol. The summed E-state index contributed by atoms with van der Waals surface area (Å²) in [6.07, 6.45) is 0.621. The molecule has 150 valence electrons. The number of rotatable bonds is 4. The standard InChI is InChI=1S/C21H19Cl2N3O3/c1-29-17-7-6-14(23)19-20(17)25-15-8-9-26(10-12(15)21(19)28)11-18(27)24-16-5-3-2-4-13(16)22/h2-7H,8-11H2,1H3,(H,24,27)(H,25,28). The van der Waals surface area contributed by atoms with Crippen molar-refractivity contribution in [2.75, 3.05) is 25.5 Å². The van der Waals surface area contributed by atoms with Gasteiger partial charge in [-0.2, -0.15) is 0 Å². The van der Waals surface area contributed by atoms with Crippen LogP contribution in [0.25, 0.3) is 10.9 Å². The lowest BCUT2D eigenvalue weighted by Crippen LogP contribution is -2.39. The zero-order valence-corrected chi connectivity index (χ0v) is 17.2. The number of benzene rings is 2. The maximum absolute atomic E-state index is 13.1. The number of aromatic amines is 1. The highest BCUT2D eigenvalue weighted by atomic mass is 35.5. The first-order chi connectivity index (χ1) is 14.0. The summed E-state index contributed by atoms with van der Waals surface area (Å²) >= 11 is 12.4. The summed E-state index contributed by atoms with van der Waals surface area (Å²) in [5, 5.41) is 4.08. The maximum atomic E-state index is 13.1. The molecule has 1 aliphatic heterocycles. The van der Waals surface area contributed by atoms with Gasteiger partial charge < -0.3 is 15.0 Å². The number of H-pyrrole nitrogens is 1. The largest absolute Gasteiger partial charge is 0.495 e. The third kappa shape index (κ3) is 3.83. The molecule has 2 N–H and O–H groups in total. The summed E-state index contributed by atoms with van der Waals surface area (Å²) in [5.74, 6) is 0.393. The number of nitrogens with zero attached hydrogens (tertiary/aromatic N) is 1. The summed E-state index contributed by atoms with van der Waals surface area (Å²) in [7, 11) is 1.56. The topological polar surface area (TPSA) is 74.4 Å². The van der Waals surface area contributed by atoms with Crippen LogP contribution in [0.5, 0.6) is 5.75 Å². The highest BCUT2D eigenvalue weighted by Gasteiger charge is 2.24. The minimum Gasteiger partial charge on any atom is -0.495 e. The van der Waals surface area contributed by atoms with Gasteiger partial charge in [0.15, 0.2) is 5.43 Å². The molecule has 0 bridgehead atoms. The minimum absolute atomic E-state index is 0.131. The zero-order chi connectivity index (χ0) is 20.5. The van der Waals surface area contributed by atoms with Crippen LogP contribution in [-0.4, -0.2) is 36.0 Å². The number of aromatic nitrogens is 1. The number of hydrogen-bond donors (Lipinski definition) is 2. The van der Waals surface area contributed by atoms with E-state index in [1.54, 1.807) is 43.5 Å². The molecule has 1 aliphatic rings. The van der Waals surface area contributed by atoms with E-state index in [4.69, 9.17) is 27.9 Å². The number of para-hydroxylation sites is 1. The first kappa shape index (κ1) is 19.8. The molecule has 0 radical (unpaired) electrons. The Morgan fingerprint density at radius 2 is 2.00 bits per heavy atom. The normalized spacial score (nSPS) is 13.9. The Morgan fingerprint density at radius 3 is 2.76 bits per heavy atom. The summed E-state index contributed by atoms with van der Waals surface area (Å²) in [6, 6.07) is 10.5. The molecule has 6 nitrogen and oxygen atoms in total. The van der Waals surface area contributed by atoms with E-state index >= 15 is 0 Å². The minimum atomic E-state index is -0.182. The molecule has 8 heteroatoms. The lowest BCUT2D eigenvalue weighted by molar-refractivity contribution is -0.117. The highest BCUT2D eigenvalue weighted by Crippen LogP contribution is 2.30. The van der Waals surface area contributed by atoms with Gasteiger partial charge in [-0.15, -0.1) is 0 Å². The van der Waals surface area contributed by atoms with Crippen molar-refractivity contribution in [3.8, 4) is 5.75 Å². The van der Waals surface area contributed by atoms with Gasteiger partial charge in [-0.1, -0.05) is 35.3 Å². The smallest absolute Gasteiger partial charge is 0.238 e. The van der Waals surface area contributed by atoms with E-state index in [1.165, 1.54) is 0 Å². The fourth-order valence-electron chi connectivity index (χ4n) is 3.63. The van der Waals surface area contributed by atoms with Crippen LogP contribution < -0.4 is 15.5 Å². The molecule has 1 aromatic heterocycles. The van der Waals surface area contributed by atoms with Crippen molar-refractivity contribution in [1.82, 2.24) is 9.88 Å². The van der Waals surface area contributed by atoms with Crippen LogP contribution in [0.2, 0.25) is 10.0 Å². The Hall–Kier alpha value is -2.54. The molecule has 29 heavy (non-hydrogen) atoms. The lowest BCUT2D eigenvalue weighted by atomic mass is 10.0. The van der Waals surface area contributed by atoms with E-state index in [1.807, 2.05) is 4.90 Å². The molecule has 3 aromatic rings. The molecular formula is C21H19Cl2N3O3. The van der Waals surface area contributed by atoms with Crippen LogP contribution in [0.1, 0.15) is 11.3 Å². The molecule has 0 aliphatic carbocycles. The quantitative estimate of drug-likeness (QED) is 0.657. The molecule has 1 amide bonds. The summed E-state index contributed by atoms with van der Waals surface area (Å²) in [5.41, 5.74) is 2.53. The predicted octanol–water partition coefficient (Wildman–Crippen LogP) is 3.84. The molecule has 2 aromatic carbocycles. The van der Waals surface area contributed by atoms with Crippen molar-refractivity contribution in [3.63, 3.8) is 0 Å². The zero-order valence-electron chi connectivity index (χ0n) is 15.7. The molecule has 0 atom stereocenters. The Morgan fingerprint density at radius 1 is 1.21 bits per heavy atom. The Labute approximate surface area is 177 Å². The van der Waals surface area contributed by atoms with Gasteiger partial charge in [0, 0.05) is 30.8 Å². The van der Waals surface area contributed by atoms with Crippen LogP contribution in [0.4, 0.5) is 5.69 Å². The van der Waals surface area contributed by atoms with Gasteiger partial charge in [0.25, 0.3) is 0 Å². The number of anilines is 1. The van der Waals surface area contributed by atoms with Crippen LogP contribution in [0.3, 0.4) is 0 Å². The van der Waals surface area contributed by atoms with Crippen molar-refractivity contribution in [2.45, 2.75) is 13.0 Å². The number of fused-ring (bicyclic) bond motifs is 2. The summed E-state index contributed by atoms with van der Waals surface area (Å²) in [4.78, 5) is 30.8. The third-order valence-electron chi connectivity index (χ3n) is 5.05. The number of halogens is 2. The van der Waals surface area contributed by atoms with Crippen LogP contribution >= 0.6 is 23.2 Å². The van der Waals surface area contributed by atoms with E-state index in [0.717, 1.165) is 5.69 Å². The first-order valence-electron chi connectivity index (χ1n) is 9.15. The van der Waals surface area contributed by atoms with Gasteiger partial charge >= 0.3 is 0 Å². The van der Waals surface area contributed by atoms with Crippen molar-refractivity contribution >= 4 is 45.7 Å². The molecule has 0 spiro atoms. The van der Waals surface area contributed by atoms with Crippen LogP contribution in [0, 0.1) is 0 Å². The van der Waals surface area contributed by atoms with Gasteiger partial charge in [0.1, 0.15) is 5.75 Å². The van der Waals surface area contributed by atoms with Crippen molar-refractivity contribution in [3.05, 3.63) is 67.9 Å². The second-order valence-electron chi connectivity index (χ2n) is 6.90. The van der Waals surface area contributed by atoms with E-state index in [9.17, 15) is 9.59 Å². The molecule has 0 saturated heterocycles. The fourth-order valence-corrected chi connectivity index (χ4v) is 4.06. The van der Waals surface area contributed by atoms with Crippen LogP contribution in [0.15, 0.2) is 41.2 Å². The SMILES string of the molecule is COc1ccc(Cl)c2c(=O)c3c([nH]c12)CCN(CC(=O)Nc1ccccc1Cl)C3. The number of amides is 1. The van der Waals surface area contributed by atoms with E-state index < -0.39 is 0 Å². The van der Waals surface area contributed by atoms with Crippen molar-refractivity contribution < 1.29 is 9.53 Å². The molecule has 0 unspecified atom stereocenters. The Kier molecular flexibility index (Phi) is 5.50. The van der Waals surface area contributed by atoms with Gasteiger partial charge in [-0.05, 0) is 24.3 Å². The summed E-state index contributed by atoms with van der Waals surface area (Å²) < 4.78 is 5.37. The number of pyridine rings is 1. The third-order valence-corrected chi connectivity index (χ3v) is 5.70. The van der Waals surface area contributed by atoms with E-state index in [2.05, 4.69) is 10.3 Å². The highest BCUT2D eigenvalue weighted by molar-refractivity contribution is 6.35. The number of carbonyl (C=O) groups is 1. The molecule has 2 heterocycles. The fraction of sp³-hybridized carbons (Fsp3) is 0.238. The van der Waals surface area contributed by atoms with Gasteiger partial charge in [-0.25, -0.2) is 0 Å². The number of carbonyl (C=O) groups excluding carboxylic acids is 1. The second-order valence-corrected chi connectivity index (χ2v) is 7.71. The average Bonchev–Trinajstić information content (AvgIpc) is 2.70. The number of hydrogen-bond acceptors (Lipinski definition) is 4.